The summed E-state index contributed by atoms with van der Waals surface area (Å²) in [4.78, 5) is 10.7. The standard InChI is InChI=1S/C15H12O2/c16-15(17)9-10-4-7-14-12(8-10)6-5-11-2-1-3-13(11)14/h1-2,4-8H,3,9H2,(H,16,17). The lowest BCUT2D eigenvalue weighted by molar-refractivity contribution is -0.136. The van der Waals surface area contributed by atoms with Crippen LogP contribution < -0.4 is 0 Å². The fraction of sp³-hybridized carbons (Fsp3) is 0.133. The van der Waals surface area contributed by atoms with Gasteiger partial charge in [0.2, 0.25) is 0 Å². The molecule has 0 saturated heterocycles. The molecule has 0 saturated carbocycles. The van der Waals surface area contributed by atoms with E-state index in [1.165, 1.54) is 16.5 Å². The number of hydrogen-bond acceptors (Lipinski definition) is 1. The first-order valence-corrected chi connectivity index (χ1v) is 5.67. The van der Waals surface area contributed by atoms with Crippen LogP contribution >= 0.6 is 0 Å². The molecule has 0 unspecified atom stereocenters. The largest absolute Gasteiger partial charge is 0.481 e. The number of benzene rings is 2. The predicted molar refractivity (Wildman–Crippen MR) is 68.0 cm³/mol. The molecular weight excluding hydrogens is 212 g/mol. The maximum atomic E-state index is 10.7. The highest BCUT2D eigenvalue weighted by molar-refractivity contribution is 5.91. The highest BCUT2D eigenvalue weighted by atomic mass is 16.4. The number of rotatable bonds is 2. The molecule has 1 aliphatic carbocycles. The van der Waals surface area contributed by atoms with Gasteiger partial charge in [-0.25, -0.2) is 0 Å². The van der Waals surface area contributed by atoms with Crippen molar-refractivity contribution in [2.45, 2.75) is 12.8 Å². The second kappa shape index (κ2) is 3.74. The Labute approximate surface area is 99.2 Å². The summed E-state index contributed by atoms with van der Waals surface area (Å²) in [6, 6.07) is 10.1. The van der Waals surface area contributed by atoms with Gasteiger partial charge in [-0.15, -0.1) is 0 Å². The maximum absolute atomic E-state index is 10.7. The predicted octanol–water partition coefficient (Wildman–Crippen LogP) is 3.04. The summed E-state index contributed by atoms with van der Waals surface area (Å²) in [6.45, 7) is 0. The zero-order valence-electron chi connectivity index (χ0n) is 9.31. The van der Waals surface area contributed by atoms with Crippen molar-refractivity contribution in [2.75, 3.05) is 0 Å². The van der Waals surface area contributed by atoms with E-state index >= 15 is 0 Å². The second-order valence-electron chi connectivity index (χ2n) is 4.37. The van der Waals surface area contributed by atoms with Crippen LogP contribution in [0.1, 0.15) is 16.7 Å². The van der Waals surface area contributed by atoms with Crippen molar-refractivity contribution in [3.8, 4) is 0 Å². The van der Waals surface area contributed by atoms with Gasteiger partial charge < -0.3 is 5.11 Å². The van der Waals surface area contributed by atoms with Crippen LogP contribution in [-0.2, 0) is 17.6 Å². The molecule has 2 nitrogen and oxygen atoms in total. The fourth-order valence-electron chi connectivity index (χ4n) is 2.43. The first kappa shape index (κ1) is 10.1. The molecule has 0 spiro atoms. The summed E-state index contributed by atoms with van der Waals surface area (Å²) in [5.41, 5.74) is 3.49. The fourth-order valence-corrected chi connectivity index (χ4v) is 2.43. The zero-order chi connectivity index (χ0) is 11.8. The summed E-state index contributed by atoms with van der Waals surface area (Å²) in [5, 5.41) is 11.2. The summed E-state index contributed by atoms with van der Waals surface area (Å²) in [7, 11) is 0. The molecule has 0 aliphatic heterocycles. The van der Waals surface area contributed by atoms with Gasteiger partial charge in [-0.05, 0) is 33.9 Å². The van der Waals surface area contributed by atoms with E-state index in [1.54, 1.807) is 0 Å². The van der Waals surface area contributed by atoms with E-state index < -0.39 is 5.97 Å². The summed E-state index contributed by atoms with van der Waals surface area (Å²) < 4.78 is 0. The molecule has 0 atom stereocenters. The average Bonchev–Trinajstić information content (AvgIpc) is 2.76. The third-order valence-electron chi connectivity index (χ3n) is 3.21. The molecule has 1 aliphatic rings. The Kier molecular flexibility index (Phi) is 2.22. The highest BCUT2D eigenvalue weighted by Gasteiger charge is 2.10. The van der Waals surface area contributed by atoms with Crippen molar-refractivity contribution >= 4 is 22.8 Å². The van der Waals surface area contributed by atoms with Crippen LogP contribution in [0.25, 0.3) is 16.8 Å². The number of carboxylic acids is 1. The van der Waals surface area contributed by atoms with Crippen molar-refractivity contribution < 1.29 is 9.90 Å². The van der Waals surface area contributed by atoms with Crippen LogP contribution in [0.2, 0.25) is 0 Å². The monoisotopic (exact) mass is 224 g/mol. The maximum Gasteiger partial charge on any atom is 0.307 e. The van der Waals surface area contributed by atoms with Crippen molar-refractivity contribution in [3.63, 3.8) is 0 Å². The van der Waals surface area contributed by atoms with E-state index in [2.05, 4.69) is 24.3 Å². The van der Waals surface area contributed by atoms with E-state index in [9.17, 15) is 4.79 Å². The van der Waals surface area contributed by atoms with Gasteiger partial charge in [0, 0.05) is 0 Å². The van der Waals surface area contributed by atoms with Gasteiger partial charge in [0.25, 0.3) is 0 Å². The molecule has 0 heterocycles. The lowest BCUT2D eigenvalue weighted by Crippen LogP contribution is -1.99. The van der Waals surface area contributed by atoms with Gasteiger partial charge >= 0.3 is 5.97 Å². The molecule has 0 radical (unpaired) electrons. The highest BCUT2D eigenvalue weighted by Crippen LogP contribution is 2.28. The third kappa shape index (κ3) is 1.72. The molecule has 84 valence electrons. The first-order chi connectivity index (χ1) is 8.24. The molecule has 2 aromatic rings. The summed E-state index contributed by atoms with van der Waals surface area (Å²) in [5.74, 6) is -0.785. The van der Waals surface area contributed by atoms with E-state index in [4.69, 9.17) is 5.11 Å². The van der Waals surface area contributed by atoms with Crippen LogP contribution in [0.5, 0.6) is 0 Å². The summed E-state index contributed by atoms with van der Waals surface area (Å²) in [6.07, 6.45) is 5.37. The van der Waals surface area contributed by atoms with Crippen molar-refractivity contribution in [2.24, 2.45) is 0 Å². The SMILES string of the molecule is O=C(O)Cc1ccc2c3c(ccc2c1)C=CC3. The van der Waals surface area contributed by atoms with Crippen molar-refractivity contribution in [3.05, 3.63) is 53.1 Å². The van der Waals surface area contributed by atoms with E-state index in [0.29, 0.717) is 0 Å². The minimum Gasteiger partial charge on any atom is -0.481 e. The number of carboxylic acid groups (broad SMARTS) is 1. The van der Waals surface area contributed by atoms with Crippen LogP contribution in [0.15, 0.2) is 36.4 Å². The number of allylic oxidation sites excluding steroid dienone is 1. The molecule has 2 heteroatoms. The molecule has 0 amide bonds. The first-order valence-electron chi connectivity index (χ1n) is 5.67. The van der Waals surface area contributed by atoms with Gasteiger partial charge in [0.05, 0.1) is 6.42 Å². The van der Waals surface area contributed by atoms with Crippen LogP contribution in [0.3, 0.4) is 0 Å². The lowest BCUT2D eigenvalue weighted by Gasteiger charge is -2.07. The third-order valence-corrected chi connectivity index (χ3v) is 3.21. The topological polar surface area (TPSA) is 37.3 Å². The number of hydrogen-bond donors (Lipinski definition) is 1. The molecule has 2 aromatic carbocycles. The van der Waals surface area contributed by atoms with Crippen molar-refractivity contribution in [1.82, 2.24) is 0 Å². The molecular formula is C15H12O2. The second-order valence-corrected chi connectivity index (χ2v) is 4.37. The van der Waals surface area contributed by atoms with E-state index in [1.807, 2.05) is 18.2 Å². The molecule has 17 heavy (non-hydrogen) atoms. The van der Waals surface area contributed by atoms with Gasteiger partial charge in [0.15, 0.2) is 0 Å². The van der Waals surface area contributed by atoms with Crippen LogP contribution in [-0.4, -0.2) is 11.1 Å². The summed E-state index contributed by atoms with van der Waals surface area (Å²) >= 11 is 0. The Hall–Kier alpha value is -2.09. The molecule has 0 bridgehead atoms. The Balaban J connectivity index is 2.13. The normalized spacial score (nSPS) is 12.9. The van der Waals surface area contributed by atoms with E-state index in [-0.39, 0.29) is 6.42 Å². The number of aliphatic carboxylic acids is 1. The quantitative estimate of drug-likeness (QED) is 0.851. The molecule has 0 aromatic heterocycles. The van der Waals surface area contributed by atoms with Gasteiger partial charge in [-0.2, -0.15) is 0 Å². The van der Waals surface area contributed by atoms with Gasteiger partial charge in [0.1, 0.15) is 0 Å². The molecule has 1 N–H and O–H groups in total. The van der Waals surface area contributed by atoms with Crippen LogP contribution in [0.4, 0.5) is 0 Å². The molecule has 0 fully saturated rings. The Morgan fingerprint density at radius 1 is 1.24 bits per heavy atom. The lowest BCUT2D eigenvalue weighted by atomic mass is 9.98. The minimum absolute atomic E-state index is 0.0886. The van der Waals surface area contributed by atoms with Crippen molar-refractivity contribution in [1.29, 1.82) is 0 Å². The zero-order valence-corrected chi connectivity index (χ0v) is 9.31. The number of fused-ring (bicyclic) bond motifs is 3. The van der Waals surface area contributed by atoms with Gasteiger partial charge in [-0.1, -0.05) is 42.5 Å². The smallest absolute Gasteiger partial charge is 0.307 e. The Morgan fingerprint density at radius 2 is 2.12 bits per heavy atom. The Bertz CT molecular complexity index is 639. The van der Waals surface area contributed by atoms with Crippen LogP contribution in [0, 0.1) is 0 Å². The Morgan fingerprint density at radius 3 is 2.94 bits per heavy atom. The molecule has 3 rings (SSSR count). The minimum atomic E-state index is -0.785. The average molecular weight is 224 g/mol. The van der Waals surface area contributed by atoms with Gasteiger partial charge in [-0.3, -0.25) is 4.79 Å². The number of carbonyl (C=O) groups is 1. The van der Waals surface area contributed by atoms with E-state index in [0.717, 1.165) is 17.4 Å².